The van der Waals surface area contributed by atoms with Crippen LogP contribution in [0.4, 0.5) is 0 Å². The van der Waals surface area contributed by atoms with Gasteiger partial charge >= 0.3 is 16.4 Å². The van der Waals surface area contributed by atoms with Gasteiger partial charge in [-0.25, -0.2) is 10.1 Å². The monoisotopic (exact) mass is 496 g/mol. The molecule has 3 aromatic carbocycles. The Kier molecular flexibility index (Phi) is 7.55. The van der Waals surface area contributed by atoms with Crippen molar-refractivity contribution in [2.24, 2.45) is 0 Å². The largest absolute Gasteiger partial charge is 0.478 e. The molecule has 0 saturated heterocycles. The molecule has 0 amide bonds. The lowest BCUT2D eigenvalue weighted by atomic mass is 9.78. The Morgan fingerprint density at radius 3 is 1.94 bits per heavy atom. The van der Waals surface area contributed by atoms with E-state index in [4.69, 9.17) is 14.0 Å². The Hall–Kier alpha value is -3.17. The van der Waals surface area contributed by atoms with Gasteiger partial charge in [-0.05, 0) is 41.5 Å². The molecule has 0 fully saturated rings. The summed E-state index contributed by atoms with van der Waals surface area (Å²) in [6.07, 6.45) is 0. The third-order valence-corrected chi connectivity index (χ3v) is 5.26. The molecule has 0 aliphatic rings. The highest BCUT2D eigenvalue weighted by molar-refractivity contribution is 7.90. The standard InChI is InChI=1S/C20H16O11S2/c21-19(22)17-3-1-2-4-18(17)20(23,13-5-9-15(10-6-13)28-32-31-30-24)14-7-11-16(12-8-14)29-33(25,26)27/h1-12,23-24H,(H,21,22)(H,25,26,27). The van der Waals surface area contributed by atoms with Crippen LogP contribution in [0, 0.1) is 0 Å². The van der Waals surface area contributed by atoms with E-state index in [1.807, 2.05) is 0 Å². The van der Waals surface area contributed by atoms with Gasteiger partial charge in [-0.1, -0.05) is 51.8 Å². The summed E-state index contributed by atoms with van der Waals surface area (Å²) in [5, 5.41) is 33.1. The highest BCUT2D eigenvalue weighted by Crippen LogP contribution is 2.40. The van der Waals surface area contributed by atoms with Gasteiger partial charge < -0.3 is 18.6 Å². The van der Waals surface area contributed by atoms with Crippen molar-refractivity contribution in [1.82, 2.24) is 0 Å². The zero-order chi connectivity index (χ0) is 24.1. The molecule has 1 atom stereocenters. The van der Waals surface area contributed by atoms with E-state index in [0.717, 1.165) is 0 Å². The zero-order valence-corrected chi connectivity index (χ0v) is 18.0. The van der Waals surface area contributed by atoms with E-state index < -0.39 is 22.0 Å². The van der Waals surface area contributed by atoms with Crippen LogP contribution in [-0.4, -0.2) is 34.4 Å². The highest BCUT2D eigenvalue weighted by atomic mass is 32.3. The molecule has 4 N–H and O–H groups in total. The Bertz CT molecular complexity index is 1210. The maximum Gasteiger partial charge on any atom is 0.446 e. The van der Waals surface area contributed by atoms with Gasteiger partial charge in [-0.15, -0.1) is 0 Å². The molecule has 0 radical (unpaired) electrons. The number of carbonyl (C=O) groups is 1. The van der Waals surface area contributed by atoms with Gasteiger partial charge in [0.05, 0.1) is 5.56 Å². The first kappa shape index (κ1) is 24.5. The molecule has 174 valence electrons. The number of carboxylic acid groups (broad SMARTS) is 1. The molecule has 0 bridgehead atoms. The van der Waals surface area contributed by atoms with Gasteiger partial charge in [0.2, 0.25) is 0 Å². The molecule has 0 heterocycles. The van der Waals surface area contributed by atoms with E-state index >= 15 is 0 Å². The second-order valence-electron chi connectivity index (χ2n) is 6.41. The fourth-order valence-electron chi connectivity index (χ4n) is 3.15. The molecule has 1 unspecified atom stereocenters. The molecule has 33 heavy (non-hydrogen) atoms. The van der Waals surface area contributed by atoms with E-state index in [9.17, 15) is 23.4 Å². The summed E-state index contributed by atoms with van der Waals surface area (Å²) in [6, 6.07) is 16.7. The van der Waals surface area contributed by atoms with Crippen LogP contribution in [0.1, 0.15) is 27.0 Å². The molecule has 3 rings (SSSR count). The smallest absolute Gasteiger partial charge is 0.446 e. The lowest BCUT2D eigenvalue weighted by Gasteiger charge is -2.31. The number of rotatable bonds is 10. The van der Waals surface area contributed by atoms with Crippen molar-refractivity contribution in [2.45, 2.75) is 5.60 Å². The summed E-state index contributed by atoms with van der Waals surface area (Å²) < 4.78 is 44.3. The summed E-state index contributed by atoms with van der Waals surface area (Å²) in [5.41, 5.74) is -1.69. The van der Waals surface area contributed by atoms with E-state index in [2.05, 4.69) is 13.6 Å². The van der Waals surface area contributed by atoms with Crippen LogP contribution in [0.3, 0.4) is 0 Å². The summed E-state index contributed by atoms with van der Waals surface area (Å²) in [4.78, 5) is 11.8. The second-order valence-corrected chi connectivity index (χ2v) is 7.88. The number of benzene rings is 3. The zero-order valence-electron chi connectivity index (χ0n) is 16.4. The number of aromatic carboxylic acids is 1. The van der Waals surface area contributed by atoms with Crippen LogP contribution in [0.5, 0.6) is 11.5 Å². The van der Waals surface area contributed by atoms with Crippen molar-refractivity contribution < 1.29 is 51.0 Å². The van der Waals surface area contributed by atoms with Crippen LogP contribution < -0.4 is 8.37 Å². The Balaban J connectivity index is 2.11. The predicted octanol–water partition coefficient (Wildman–Crippen LogP) is 3.21. The summed E-state index contributed by atoms with van der Waals surface area (Å²) >= 11 is 0.329. The molecule has 0 aliphatic heterocycles. The molecule has 0 saturated carbocycles. The summed E-state index contributed by atoms with van der Waals surface area (Å²) in [5.74, 6) is -1.23. The van der Waals surface area contributed by atoms with Crippen LogP contribution in [0.2, 0.25) is 0 Å². The van der Waals surface area contributed by atoms with Crippen molar-refractivity contribution in [2.75, 3.05) is 0 Å². The van der Waals surface area contributed by atoms with Crippen molar-refractivity contribution in [1.29, 1.82) is 0 Å². The van der Waals surface area contributed by atoms with E-state index in [1.54, 1.807) is 6.07 Å². The van der Waals surface area contributed by atoms with Crippen LogP contribution >= 0.6 is 12.3 Å². The van der Waals surface area contributed by atoms with Gasteiger partial charge in [0.25, 0.3) is 12.3 Å². The SMILES string of the molecule is O=C(O)c1ccccc1C(O)(c1ccc(OSOOO)cc1)c1ccc(OS(=O)(=O)O)cc1. The maximum atomic E-state index is 11.9. The van der Waals surface area contributed by atoms with Crippen LogP contribution in [0.15, 0.2) is 72.8 Å². The Morgan fingerprint density at radius 2 is 1.42 bits per heavy atom. The minimum absolute atomic E-state index is 0.0426. The lowest BCUT2D eigenvalue weighted by Crippen LogP contribution is -2.31. The Morgan fingerprint density at radius 1 is 0.879 bits per heavy atom. The van der Waals surface area contributed by atoms with E-state index in [1.165, 1.54) is 66.7 Å². The van der Waals surface area contributed by atoms with Crippen molar-refractivity contribution in [3.05, 3.63) is 95.1 Å². The number of hydrogen-bond donors (Lipinski definition) is 4. The van der Waals surface area contributed by atoms with Crippen molar-refractivity contribution >= 4 is 28.7 Å². The minimum Gasteiger partial charge on any atom is -0.478 e. The van der Waals surface area contributed by atoms with Gasteiger partial charge in [-0.3, -0.25) is 4.55 Å². The average molecular weight is 496 g/mol. The fraction of sp³-hybridized carbons (Fsp3) is 0.0500. The van der Waals surface area contributed by atoms with Gasteiger partial charge in [0, 0.05) is 5.56 Å². The van der Waals surface area contributed by atoms with E-state index in [-0.39, 0.29) is 33.8 Å². The molecule has 0 spiro atoms. The topological polar surface area (TPSA) is 169 Å². The normalized spacial score (nSPS) is 13.2. The first-order valence-corrected chi connectivity index (χ1v) is 10.9. The lowest BCUT2D eigenvalue weighted by molar-refractivity contribution is -0.433. The average Bonchev–Trinajstić information content (AvgIpc) is 2.78. The first-order valence-electron chi connectivity index (χ1n) is 8.89. The predicted molar refractivity (Wildman–Crippen MR) is 114 cm³/mol. The third-order valence-electron chi connectivity index (χ3n) is 4.48. The summed E-state index contributed by atoms with van der Waals surface area (Å²) in [7, 11) is -4.75. The van der Waals surface area contributed by atoms with Gasteiger partial charge in [0.15, 0.2) is 0 Å². The van der Waals surface area contributed by atoms with Crippen LogP contribution in [-0.2, 0) is 25.4 Å². The molecule has 11 nitrogen and oxygen atoms in total. The van der Waals surface area contributed by atoms with Crippen molar-refractivity contribution in [3.63, 3.8) is 0 Å². The van der Waals surface area contributed by atoms with E-state index in [0.29, 0.717) is 12.3 Å². The quantitative estimate of drug-likeness (QED) is 0.0808. The second kappa shape index (κ2) is 10.2. The number of hydrogen-bond acceptors (Lipinski definition) is 10. The van der Waals surface area contributed by atoms with Crippen molar-refractivity contribution in [3.8, 4) is 11.5 Å². The molecule has 0 aliphatic carbocycles. The molecule has 0 aromatic heterocycles. The molecular weight excluding hydrogens is 480 g/mol. The molecular formula is C20H16O11S2. The number of aliphatic hydroxyl groups is 1. The maximum absolute atomic E-state index is 11.9. The number of carboxylic acids is 1. The van der Waals surface area contributed by atoms with Crippen LogP contribution in [0.25, 0.3) is 0 Å². The van der Waals surface area contributed by atoms with Gasteiger partial charge in [-0.2, -0.15) is 8.42 Å². The summed E-state index contributed by atoms with van der Waals surface area (Å²) in [6.45, 7) is 0. The highest BCUT2D eigenvalue weighted by Gasteiger charge is 2.37. The third kappa shape index (κ3) is 5.80. The first-order chi connectivity index (χ1) is 15.6. The Labute approximate surface area is 192 Å². The molecule has 13 heteroatoms. The minimum atomic E-state index is -4.75. The molecule has 3 aromatic rings. The fourth-order valence-corrected chi connectivity index (χ4v) is 3.75. The van der Waals surface area contributed by atoms with Gasteiger partial charge in [0.1, 0.15) is 17.1 Å².